The Morgan fingerprint density at radius 3 is 2.15 bits per heavy atom. The summed E-state index contributed by atoms with van der Waals surface area (Å²) < 4.78 is 4.70. The van der Waals surface area contributed by atoms with Gasteiger partial charge < -0.3 is 30.9 Å². The van der Waals surface area contributed by atoms with Crippen molar-refractivity contribution < 1.29 is 44.6 Å². The minimum absolute atomic E-state index is 0. The molecule has 1 unspecified atom stereocenters. The number of ether oxygens (including phenoxy) is 1. The maximum atomic E-state index is 9.20. The Balaban J connectivity index is 0.00000144. The second-order valence-corrected chi connectivity index (χ2v) is 2.81. The first-order valence-electron chi connectivity index (χ1n) is 3.64. The van der Waals surface area contributed by atoms with Crippen LogP contribution < -0.4 is 5.73 Å². The molecule has 0 amide bonds. The van der Waals surface area contributed by atoms with Gasteiger partial charge in [0.1, 0.15) is 18.3 Å². The third kappa shape index (κ3) is 2.66. The van der Waals surface area contributed by atoms with E-state index in [9.17, 15) is 10.2 Å². The number of aliphatic hydroxyl groups excluding tert-OH is 4. The van der Waals surface area contributed by atoms with Gasteiger partial charge in [0.05, 0.1) is 12.6 Å². The molecular weight excluding hydrogens is 231 g/mol. The number of nitrogens with two attached hydrogens (primary N) is 1. The zero-order chi connectivity index (χ0) is 9.30. The van der Waals surface area contributed by atoms with Crippen LogP contribution in [0.2, 0.25) is 0 Å². The van der Waals surface area contributed by atoms with Crippen LogP contribution >= 0.6 is 0 Å². The predicted octanol–water partition coefficient (Wildman–Crippen LogP) is -3.26. The summed E-state index contributed by atoms with van der Waals surface area (Å²) in [6.45, 7) is -0.470. The van der Waals surface area contributed by atoms with Crippen molar-refractivity contribution in [2.45, 2.75) is 30.6 Å². The van der Waals surface area contributed by atoms with E-state index in [4.69, 9.17) is 20.7 Å². The number of rotatable bonds is 1. The summed E-state index contributed by atoms with van der Waals surface area (Å²) in [6, 6.07) is -1.04. The van der Waals surface area contributed by atoms with Crippen molar-refractivity contribution in [1.82, 2.24) is 0 Å². The summed E-state index contributed by atoms with van der Waals surface area (Å²) in [7, 11) is 0. The van der Waals surface area contributed by atoms with Crippen molar-refractivity contribution in [3.05, 3.63) is 0 Å². The van der Waals surface area contributed by atoms with E-state index in [2.05, 4.69) is 0 Å². The van der Waals surface area contributed by atoms with Gasteiger partial charge in [0.15, 0.2) is 6.29 Å². The monoisotopic (exact) mass is 243 g/mol. The van der Waals surface area contributed by atoms with Gasteiger partial charge in [-0.15, -0.1) is 0 Å². The maximum absolute atomic E-state index is 9.20. The van der Waals surface area contributed by atoms with Crippen LogP contribution in [0.15, 0.2) is 0 Å². The van der Waals surface area contributed by atoms with Gasteiger partial charge in [0.25, 0.3) is 0 Å². The Hall–Kier alpha value is 0.383. The van der Waals surface area contributed by atoms with E-state index in [1.807, 2.05) is 0 Å². The smallest absolute Gasteiger partial charge is 0.173 e. The number of hydrogen-bond acceptors (Lipinski definition) is 6. The molecule has 1 saturated heterocycles. The Morgan fingerprint density at radius 1 is 1.15 bits per heavy atom. The van der Waals surface area contributed by atoms with Gasteiger partial charge in [-0.1, -0.05) is 0 Å². The predicted molar refractivity (Wildman–Crippen MR) is 38.0 cm³/mol. The Bertz CT molecular complexity index is 155. The molecule has 1 rings (SSSR count). The summed E-state index contributed by atoms with van der Waals surface area (Å²) >= 11 is 0. The third-order valence-electron chi connectivity index (χ3n) is 1.95. The van der Waals surface area contributed by atoms with E-state index >= 15 is 0 Å². The van der Waals surface area contributed by atoms with Crippen molar-refractivity contribution in [2.24, 2.45) is 5.73 Å². The van der Waals surface area contributed by atoms with Gasteiger partial charge in [-0.3, -0.25) is 0 Å². The summed E-state index contributed by atoms with van der Waals surface area (Å²) in [5.41, 5.74) is 5.26. The van der Waals surface area contributed by atoms with Gasteiger partial charge in [0, 0.05) is 19.5 Å². The van der Waals surface area contributed by atoms with Crippen molar-refractivity contribution >= 4 is 0 Å². The molecule has 7 heteroatoms. The maximum Gasteiger partial charge on any atom is 0.173 e. The Kier molecular flexibility index (Phi) is 5.47. The summed E-state index contributed by atoms with van der Waals surface area (Å²) in [5.74, 6) is 0. The minimum Gasteiger partial charge on any atom is -0.394 e. The molecule has 0 aromatic heterocycles. The van der Waals surface area contributed by atoms with E-state index in [0.29, 0.717) is 0 Å². The van der Waals surface area contributed by atoms with Crippen molar-refractivity contribution in [1.29, 1.82) is 0 Å². The molecule has 0 aromatic rings. The van der Waals surface area contributed by atoms with Crippen LogP contribution in [-0.4, -0.2) is 57.7 Å². The largest absolute Gasteiger partial charge is 0.394 e. The van der Waals surface area contributed by atoms with E-state index in [-0.39, 0.29) is 19.5 Å². The molecule has 0 bridgehead atoms. The summed E-state index contributed by atoms with van der Waals surface area (Å²) in [5, 5.41) is 36.1. The fourth-order valence-corrected chi connectivity index (χ4v) is 1.12. The average Bonchev–Trinajstić information content (AvgIpc) is 2.08. The van der Waals surface area contributed by atoms with E-state index in [0.717, 1.165) is 0 Å². The molecule has 0 saturated carbocycles. The normalized spacial score (nSPS) is 45.5. The molecule has 13 heavy (non-hydrogen) atoms. The minimum atomic E-state index is -1.35. The quantitative estimate of drug-likeness (QED) is 0.309. The molecule has 6 N–H and O–H groups in total. The topological polar surface area (TPSA) is 116 Å². The van der Waals surface area contributed by atoms with E-state index in [1.54, 1.807) is 0 Å². The molecule has 0 aliphatic carbocycles. The zero-order valence-electron chi connectivity index (χ0n) is 7.08. The molecule has 1 fully saturated rings. The van der Waals surface area contributed by atoms with Gasteiger partial charge >= 0.3 is 0 Å². The molecule has 5 atom stereocenters. The van der Waals surface area contributed by atoms with Crippen LogP contribution in [0.5, 0.6) is 0 Å². The molecule has 6 nitrogen and oxygen atoms in total. The molecular formula is C6H13NO5Zn. The van der Waals surface area contributed by atoms with Crippen LogP contribution in [0.4, 0.5) is 0 Å². The van der Waals surface area contributed by atoms with Gasteiger partial charge in [-0.2, -0.15) is 0 Å². The van der Waals surface area contributed by atoms with Gasteiger partial charge in [0.2, 0.25) is 0 Å². The Labute approximate surface area is 88.1 Å². The average molecular weight is 245 g/mol. The second-order valence-electron chi connectivity index (χ2n) is 2.81. The first-order chi connectivity index (χ1) is 5.57. The van der Waals surface area contributed by atoms with Gasteiger partial charge in [-0.05, 0) is 0 Å². The number of aliphatic hydroxyl groups is 4. The molecule has 0 aromatic carbocycles. The van der Waals surface area contributed by atoms with Gasteiger partial charge in [-0.25, -0.2) is 0 Å². The third-order valence-corrected chi connectivity index (χ3v) is 1.95. The summed E-state index contributed by atoms with van der Waals surface area (Å²) in [4.78, 5) is 0. The zero-order valence-corrected chi connectivity index (χ0v) is 10.0. The van der Waals surface area contributed by atoms with E-state index in [1.165, 1.54) is 0 Å². The van der Waals surface area contributed by atoms with Crippen LogP contribution in [0, 0.1) is 0 Å². The fourth-order valence-electron chi connectivity index (χ4n) is 1.12. The molecule has 0 radical (unpaired) electrons. The first kappa shape index (κ1) is 13.4. The molecule has 1 heterocycles. The van der Waals surface area contributed by atoms with Crippen molar-refractivity contribution in [2.75, 3.05) is 6.61 Å². The Morgan fingerprint density at radius 2 is 1.69 bits per heavy atom. The molecule has 1 aliphatic heterocycles. The van der Waals surface area contributed by atoms with Crippen LogP contribution in [0.3, 0.4) is 0 Å². The van der Waals surface area contributed by atoms with Crippen molar-refractivity contribution in [3.63, 3.8) is 0 Å². The van der Waals surface area contributed by atoms with Crippen LogP contribution in [0.1, 0.15) is 0 Å². The number of hydrogen-bond donors (Lipinski definition) is 5. The molecule has 1 aliphatic rings. The second kappa shape index (κ2) is 5.31. The van der Waals surface area contributed by atoms with E-state index < -0.39 is 37.3 Å². The van der Waals surface area contributed by atoms with Crippen LogP contribution in [0.25, 0.3) is 0 Å². The molecule has 0 spiro atoms. The summed E-state index contributed by atoms with van der Waals surface area (Å²) in [6.07, 6.45) is -4.85. The SMILES string of the molecule is N[C@H]1C(O)O[C@H](CO)[C@@H](O)[C@@H]1O.[Zn]. The molecule has 74 valence electrons. The van der Waals surface area contributed by atoms with Crippen LogP contribution in [-0.2, 0) is 24.2 Å². The first-order valence-corrected chi connectivity index (χ1v) is 3.64. The fraction of sp³-hybridized carbons (Fsp3) is 1.00. The van der Waals surface area contributed by atoms with Crippen molar-refractivity contribution in [3.8, 4) is 0 Å². The standard InChI is InChI=1S/C6H13NO5.Zn/c7-3-5(10)4(9)2(1-8)12-6(3)11;/h2-6,8-11H,1,7H2;/t2-,3-,4-,5-,6?;/m1./s1.